The summed E-state index contributed by atoms with van der Waals surface area (Å²) < 4.78 is 5.49. The number of amides is 1. The zero-order chi connectivity index (χ0) is 19.3. The number of hydrogen-bond donors (Lipinski definition) is 1. The Kier molecular flexibility index (Phi) is 7.29. The topological polar surface area (TPSA) is 58.4 Å². The molecule has 4 rings (SSSR count). The van der Waals surface area contributed by atoms with Crippen LogP contribution in [0.4, 0.5) is 5.69 Å². The van der Waals surface area contributed by atoms with Crippen molar-refractivity contribution >= 4 is 35.0 Å². The lowest BCUT2D eigenvalue weighted by atomic mass is 9.91. The van der Waals surface area contributed by atoms with Crippen molar-refractivity contribution in [1.29, 1.82) is 0 Å². The van der Waals surface area contributed by atoms with E-state index in [1.165, 1.54) is 38.4 Å². The maximum atomic E-state index is 11.2. The molecule has 1 saturated heterocycles. The standard InChI is InChI=1S/C23H27N3O2.ClH/c1-17(27)24-20-8-9-21-22(25-28-23(21)15-20)10-7-18-11-13-26(14-12-18)16-19-5-3-2-4-6-19;/h2-6,8-9,15,18H,7,10-14,16H2,1H3,(H,24,27);1H. The molecular weight excluding hydrogens is 386 g/mol. The highest BCUT2D eigenvalue weighted by Crippen LogP contribution is 2.27. The highest BCUT2D eigenvalue weighted by atomic mass is 35.5. The fourth-order valence-electron chi connectivity index (χ4n) is 4.07. The summed E-state index contributed by atoms with van der Waals surface area (Å²) >= 11 is 0. The Morgan fingerprint density at radius 1 is 1.17 bits per heavy atom. The van der Waals surface area contributed by atoms with E-state index in [1.807, 2.05) is 18.2 Å². The van der Waals surface area contributed by atoms with E-state index in [4.69, 9.17) is 4.52 Å². The predicted octanol–water partition coefficient (Wildman–Crippen LogP) is 5.05. The van der Waals surface area contributed by atoms with Crippen molar-refractivity contribution in [3.8, 4) is 0 Å². The van der Waals surface area contributed by atoms with Gasteiger partial charge in [0.05, 0.1) is 5.69 Å². The van der Waals surface area contributed by atoms with Gasteiger partial charge in [-0.3, -0.25) is 9.69 Å². The number of carbonyl (C=O) groups excluding carboxylic acids is 1. The van der Waals surface area contributed by atoms with Crippen molar-refractivity contribution < 1.29 is 9.32 Å². The van der Waals surface area contributed by atoms with E-state index in [-0.39, 0.29) is 18.3 Å². The number of rotatable bonds is 6. The summed E-state index contributed by atoms with van der Waals surface area (Å²) in [5, 5.41) is 8.10. The van der Waals surface area contributed by atoms with Crippen LogP contribution in [0.3, 0.4) is 0 Å². The van der Waals surface area contributed by atoms with Gasteiger partial charge in [0, 0.05) is 30.6 Å². The monoisotopic (exact) mass is 413 g/mol. The Labute approximate surface area is 177 Å². The van der Waals surface area contributed by atoms with Gasteiger partial charge in [0.25, 0.3) is 0 Å². The second kappa shape index (κ2) is 9.90. The van der Waals surface area contributed by atoms with Gasteiger partial charge < -0.3 is 9.84 Å². The van der Waals surface area contributed by atoms with Gasteiger partial charge >= 0.3 is 0 Å². The summed E-state index contributed by atoms with van der Waals surface area (Å²) in [6, 6.07) is 16.5. The van der Waals surface area contributed by atoms with E-state index in [9.17, 15) is 4.79 Å². The molecular formula is C23H28ClN3O2. The van der Waals surface area contributed by atoms with Gasteiger partial charge in [-0.1, -0.05) is 35.5 Å². The molecule has 0 atom stereocenters. The Morgan fingerprint density at radius 2 is 1.93 bits per heavy atom. The summed E-state index contributed by atoms with van der Waals surface area (Å²) in [7, 11) is 0. The number of carbonyl (C=O) groups is 1. The molecule has 6 heteroatoms. The summed E-state index contributed by atoms with van der Waals surface area (Å²) in [6.07, 6.45) is 4.58. The van der Waals surface area contributed by atoms with Crippen LogP contribution in [0.1, 0.15) is 37.4 Å². The minimum atomic E-state index is -0.0855. The van der Waals surface area contributed by atoms with E-state index in [1.54, 1.807) is 0 Å². The van der Waals surface area contributed by atoms with Gasteiger partial charge in [-0.25, -0.2) is 0 Å². The second-order valence-corrected chi connectivity index (χ2v) is 7.77. The predicted molar refractivity (Wildman–Crippen MR) is 118 cm³/mol. The number of likely N-dealkylation sites (tertiary alicyclic amines) is 1. The zero-order valence-corrected chi connectivity index (χ0v) is 17.6. The number of nitrogens with one attached hydrogen (secondary N) is 1. The number of hydrogen-bond acceptors (Lipinski definition) is 4. The van der Waals surface area contributed by atoms with Crippen molar-refractivity contribution in [2.24, 2.45) is 5.92 Å². The molecule has 2 heterocycles. The zero-order valence-electron chi connectivity index (χ0n) is 16.8. The van der Waals surface area contributed by atoms with Crippen LogP contribution in [0, 0.1) is 5.92 Å². The van der Waals surface area contributed by atoms with Crippen LogP contribution < -0.4 is 5.32 Å². The van der Waals surface area contributed by atoms with Crippen LogP contribution in [0.15, 0.2) is 53.1 Å². The maximum Gasteiger partial charge on any atom is 0.221 e. The number of piperidine rings is 1. The molecule has 1 aliphatic heterocycles. The molecule has 0 spiro atoms. The molecule has 1 fully saturated rings. The summed E-state index contributed by atoms with van der Waals surface area (Å²) in [6.45, 7) is 4.89. The normalized spacial score (nSPS) is 15.2. The Balaban J connectivity index is 0.00000240. The SMILES string of the molecule is CC(=O)Nc1ccc2c(CCC3CCN(Cc4ccccc4)CC3)noc2c1.Cl. The molecule has 1 aromatic heterocycles. The second-order valence-electron chi connectivity index (χ2n) is 7.77. The van der Waals surface area contributed by atoms with E-state index in [0.29, 0.717) is 0 Å². The Morgan fingerprint density at radius 3 is 2.66 bits per heavy atom. The van der Waals surface area contributed by atoms with Crippen LogP contribution >= 0.6 is 12.4 Å². The molecule has 3 aromatic rings. The summed E-state index contributed by atoms with van der Waals surface area (Å²) in [5.74, 6) is 0.662. The van der Waals surface area contributed by atoms with Crippen molar-refractivity contribution in [3.63, 3.8) is 0 Å². The first-order valence-corrected chi connectivity index (χ1v) is 10.1. The molecule has 0 unspecified atom stereocenters. The van der Waals surface area contributed by atoms with Gasteiger partial charge in [-0.15, -0.1) is 12.4 Å². The number of benzene rings is 2. The highest BCUT2D eigenvalue weighted by molar-refractivity contribution is 5.92. The summed E-state index contributed by atoms with van der Waals surface area (Å²) in [4.78, 5) is 13.8. The molecule has 0 saturated carbocycles. The third-order valence-corrected chi connectivity index (χ3v) is 5.61. The first-order chi connectivity index (χ1) is 13.7. The molecule has 0 aliphatic carbocycles. The van der Waals surface area contributed by atoms with Crippen molar-refractivity contribution in [2.45, 2.75) is 39.2 Å². The third-order valence-electron chi connectivity index (χ3n) is 5.61. The lowest BCUT2D eigenvalue weighted by Crippen LogP contribution is -2.33. The quantitative estimate of drug-likeness (QED) is 0.614. The molecule has 1 aliphatic rings. The average Bonchev–Trinajstić information content (AvgIpc) is 3.10. The number of anilines is 1. The van der Waals surface area contributed by atoms with E-state index in [2.05, 4.69) is 45.7 Å². The number of aromatic nitrogens is 1. The van der Waals surface area contributed by atoms with Gasteiger partial charge in [-0.05, 0) is 62.4 Å². The third kappa shape index (κ3) is 5.58. The fourth-order valence-corrected chi connectivity index (χ4v) is 4.07. The number of aryl methyl sites for hydroxylation is 1. The van der Waals surface area contributed by atoms with E-state index in [0.717, 1.165) is 47.7 Å². The molecule has 0 radical (unpaired) electrons. The van der Waals surface area contributed by atoms with Crippen molar-refractivity contribution in [2.75, 3.05) is 18.4 Å². The summed E-state index contributed by atoms with van der Waals surface area (Å²) in [5.41, 5.74) is 3.90. The minimum absolute atomic E-state index is 0. The van der Waals surface area contributed by atoms with E-state index < -0.39 is 0 Å². The van der Waals surface area contributed by atoms with Gasteiger partial charge in [0.1, 0.15) is 0 Å². The molecule has 154 valence electrons. The van der Waals surface area contributed by atoms with Crippen molar-refractivity contribution in [1.82, 2.24) is 10.1 Å². The fraction of sp³-hybridized carbons (Fsp3) is 0.391. The van der Waals surface area contributed by atoms with Crippen LogP contribution in [0.5, 0.6) is 0 Å². The maximum absolute atomic E-state index is 11.2. The highest BCUT2D eigenvalue weighted by Gasteiger charge is 2.20. The van der Waals surface area contributed by atoms with Crippen molar-refractivity contribution in [3.05, 3.63) is 59.8 Å². The van der Waals surface area contributed by atoms with Crippen LogP contribution in [0.2, 0.25) is 0 Å². The van der Waals surface area contributed by atoms with E-state index >= 15 is 0 Å². The molecule has 0 bridgehead atoms. The first kappa shape index (κ1) is 21.3. The average molecular weight is 414 g/mol. The van der Waals surface area contributed by atoms with Gasteiger partial charge in [0.2, 0.25) is 5.91 Å². The first-order valence-electron chi connectivity index (χ1n) is 10.1. The Hall–Kier alpha value is -2.37. The van der Waals surface area contributed by atoms with Crippen LogP contribution in [0.25, 0.3) is 11.0 Å². The number of halogens is 1. The number of nitrogens with zero attached hydrogens (tertiary/aromatic N) is 2. The molecule has 1 amide bonds. The molecule has 29 heavy (non-hydrogen) atoms. The van der Waals surface area contributed by atoms with Crippen LogP contribution in [-0.4, -0.2) is 29.1 Å². The number of fused-ring (bicyclic) bond motifs is 1. The van der Waals surface area contributed by atoms with Gasteiger partial charge in [-0.2, -0.15) is 0 Å². The Bertz CT molecular complexity index is 934. The van der Waals surface area contributed by atoms with Crippen LogP contribution in [-0.2, 0) is 17.8 Å². The lowest BCUT2D eigenvalue weighted by molar-refractivity contribution is -0.114. The molecule has 2 aromatic carbocycles. The largest absolute Gasteiger partial charge is 0.356 e. The molecule has 1 N–H and O–H groups in total. The smallest absolute Gasteiger partial charge is 0.221 e. The minimum Gasteiger partial charge on any atom is -0.356 e. The van der Waals surface area contributed by atoms with Gasteiger partial charge in [0.15, 0.2) is 5.58 Å². The lowest BCUT2D eigenvalue weighted by Gasteiger charge is -2.31. The molecule has 5 nitrogen and oxygen atoms in total.